The first kappa shape index (κ1) is 45.6. The molecule has 0 aliphatic carbocycles. The van der Waals surface area contributed by atoms with Crippen LogP contribution in [0.15, 0.2) is 30.3 Å². The Labute approximate surface area is 318 Å². The fourth-order valence-corrected chi connectivity index (χ4v) is 6.45. The molecule has 1 aliphatic heterocycles. The van der Waals surface area contributed by atoms with Crippen molar-refractivity contribution in [3.05, 3.63) is 35.9 Å². The maximum atomic E-state index is 13.8. The average molecular weight is 759 g/mol. The van der Waals surface area contributed by atoms with Crippen molar-refractivity contribution in [2.24, 2.45) is 28.7 Å². The number of likely N-dealkylation sites (tertiary alicyclic amines) is 1. The first-order valence-corrected chi connectivity index (χ1v) is 18.7. The van der Waals surface area contributed by atoms with Crippen LogP contribution >= 0.6 is 0 Å². The summed E-state index contributed by atoms with van der Waals surface area (Å²) in [6.07, 6.45) is 0.0445. The fourth-order valence-electron chi connectivity index (χ4n) is 6.45. The number of carbonyl (C=O) groups excluding carboxylic acids is 7. The molecule has 0 bridgehead atoms. The van der Waals surface area contributed by atoms with Crippen LogP contribution in [0.5, 0.6) is 0 Å². The van der Waals surface area contributed by atoms with Gasteiger partial charge in [0, 0.05) is 13.5 Å². The lowest BCUT2D eigenvalue weighted by Gasteiger charge is -2.33. The zero-order valence-electron chi connectivity index (χ0n) is 32.9. The molecule has 16 heteroatoms. The average Bonchev–Trinajstić information content (AvgIpc) is 3.54. The van der Waals surface area contributed by atoms with E-state index in [1.807, 2.05) is 44.2 Å². The van der Waals surface area contributed by atoms with Gasteiger partial charge in [-0.1, -0.05) is 85.2 Å². The normalized spacial score (nSPS) is 18.6. The minimum Gasteiger partial charge on any atom is -0.390 e. The summed E-state index contributed by atoms with van der Waals surface area (Å²) in [7, 11) is 0. The number of nitrogens with one attached hydrogen (secondary N) is 5. The van der Waals surface area contributed by atoms with E-state index in [1.165, 1.54) is 6.92 Å². The van der Waals surface area contributed by atoms with E-state index in [0.29, 0.717) is 25.8 Å². The second kappa shape index (κ2) is 20.8. The van der Waals surface area contributed by atoms with Gasteiger partial charge in [-0.3, -0.25) is 38.5 Å². The molecule has 7 amide bonds. The highest BCUT2D eigenvalue weighted by molar-refractivity contribution is 5.95. The van der Waals surface area contributed by atoms with Gasteiger partial charge in [0.05, 0.1) is 24.6 Å². The van der Waals surface area contributed by atoms with E-state index in [0.717, 1.165) is 5.56 Å². The summed E-state index contributed by atoms with van der Waals surface area (Å²) in [5.41, 5.74) is 11.0. The van der Waals surface area contributed by atoms with Crippen molar-refractivity contribution in [2.45, 2.75) is 130 Å². The van der Waals surface area contributed by atoms with Crippen LogP contribution in [-0.2, 0) is 40.0 Å². The van der Waals surface area contributed by atoms with Crippen molar-refractivity contribution in [3.63, 3.8) is 0 Å². The number of rotatable bonds is 20. The van der Waals surface area contributed by atoms with Gasteiger partial charge in [0.1, 0.15) is 24.2 Å². The van der Waals surface area contributed by atoms with Gasteiger partial charge in [-0.15, -0.1) is 0 Å². The summed E-state index contributed by atoms with van der Waals surface area (Å²) < 4.78 is 0. The highest BCUT2D eigenvalue weighted by atomic mass is 16.3. The van der Waals surface area contributed by atoms with Crippen molar-refractivity contribution in [2.75, 3.05) is 13.1 Å². The van der Waals surface area contributed by atoms with E-state index in [4.69, 9.17) is 11.5 Å². The Hall–Kier alpha value is -4.57. The fraction of sp³-hybridized carbons (Fsp3) is 0.658. The monoisotopic (exact) mass is 758 g/mol. The number of amides is 7. The molecule has 54 heavy (non-hydrogen) atoms. The Bertz CT molecular complexity index is 1470. The van der Waals surface area contributed by atoms with Gasteiger partial charge >= 0.3 is 0 Å². The summed E-state index contributed by atoms with van der Waals surface area (Å²) in [6, 6.07) is 3.14. The van der Waals surface area contributed by atoms with E-state index >= 15 is 0 Å². The van der Waals surface area contributed by atoms with Crippen molar-refractivity contribution in [1.29, 1.82) is 0 Å². The maximum absolute atomic E-state index is 13.8. The summed E-state index contributed by atoms with van der Waals surface area (Å²) in [4.78, 5) is 92.0. The van der Waals surface area contributed by atoms with Gasteiger partial charge in [-0.05, 0) is 48.6 Å². The van der Waals surface area contributed by atoms with Gasteiger partial charge < -0.3 is 43.2 Å². The van der Waals surface area contributed by atoms with Gasteiger partial charge in [0.25, 0.3) is 0 Å². The Kier molecular flexibility index (Phi) is 17.5. The molecular formula is C38H62N8O8. The molecule has 0 saturated carbocycles. The van der Waals surface area contributed by atoms with Crippen LogP contribution in [0, 0.1) is 17.3 Å². The highest BCUT2D eigenvalue weighted by Gasteiger charge is 2.39. The van der Waals surface area contributed by atoms with Gasteiger partial charge in [-0.2, -0.15) is 0 Å². The third-order valence-electron chi connectivity index (χ3n) is 9.76. The number of nitrogens with zero attached hydrogens (tertiary/aromatic N) is 1. The van der Waals surface area contributed by atoms with Crippen molar-refractivity contribution in [3.8, 4) is 0 Å². The molecule has 0 aromatic heterocycles. The number of benzene rings is 1. The van der Waals surface area contributed by atoms with E-state index in [2.05, 4.69) is 26.6 Å². The van der Waals surface area contributed by atoms with Crippen LogP contribution in [-0.4, -0.2) is 107 Å². The van der Waals surface area contributed by atoms with Crippen LogP contribution < -0.4 is 38.1 Å². The zero-order valence-corrected chi connectivity index (χ0v) is 32.9. The molecule has 1 aromatic carbocycles. The predicted octanol–water partition coefficient (Wildman–Crippen LogP) is -0.393. The van der Waals surface area contributed by atoms with Crippen LogP contribution in [0.25, 0.3) is 0 Å². The number of hydrogen-bond acceptors (Lipinski definition) is 9. The van der Waals surface area contributed by atoms with Crippen molar-refractivity contribution < 1.29 is 38.7 Å². The lowest BCUT2D eigenvalue weighted by atomic mass is 9.86. The molecule has 16 nitrogen and oxygen atoms in total. The molecule has 1 saturated heterocycles. The Morgan fingerprint density at radius 1 is 0.870 bits per heavy atom. The number of hydrogen-bond donors (Lipinski definition) is 8. The third-order valence-corrected chi connectivity index (χ3v) is 9.76. The van der Waals surface area contributed by atoms with E-state index in [1.54, 1.807) is 39.5 Å². The SMILES string of the molecule is CC[C@H](C)C(NC(=O)C1CCCN1C[C@@H](O)[C@H](Cc1ccccc1)NC(=O)[C@H](CC(N)=O)NC(=O)[C@@H](NC(C)=O)C(C)(C)C)C(=O)NC(C(N)=O)C(C)C. The molecule has 0 radical (unpaired) electrons. The summed E-state index contributed by atoms with van der Waals surface area (Å²) in [5, 5.41) is 25.2. The molecule has 1 aliphatic rings. The van der Waals surface area contributed by atoms with Crippen LogP contribution in [0.4, 0.5) is 0 Å². The molecule has 0 spiro atoms. The first-order valence-electron chi connectivity index (χ1n) is 18.7. The van der Waals surface area contributed by atoms with Gasteiger partial charge in [0.2, 0.25) is 41.4 Å². The third kappa shape index (κ3) is 14.0. The van der Waals surface area contributed by atoms with E-state index in [9.17, 15) is 38.7 Å². The smallest absolute Gasteiger partial charge is 0.243 e. The van der Waals surface area contributed by atoms with Crippen LogP contribution in [0.2, 0.25) is 0 Å². The molecule has 2 rings (SSSR count). The summed E-state index contributed by atoms with van der Waals surface area (Å²) in [6.45, 7) is 14.1. The molecule has 1 aromatic rings. The molecule has 10 N–H and O–H groups in total. The molecule has 8 atom stereocenters. The predicted molar refractivity (Wildman–Crippen MR) is 203 cm³/mol. The van der Waals surface area contributed by atoms with E-state index < -0.39 is 95.5 Å². The number of β-amino-alcohol motifs (C(OH)–C–C–N with tert-alkyl or cyclic N) is 1. The maximum Gasteiger partial charge on any atom is 0.243 e. The van der Waals surface area contributed by atoms with Crippen LogP contribution in [0.1, 0.15) is 86.6 Å². The topological polar surface area (TPSA) is 255 Å². The molecule has 1 heterocycles. The number of nitrogens with two attached hydrogens (primary N) is 2. The highest BCUT2D eigenvalue weighted by Crippen LogP contribution is 2.22. The first-order chi connectivity index (χ1) is 25.2. The van der Waals surface area contributed by atoms with Crippen molar-refractivity contribution >= 4 is 41.4 Å². The van der Waals surface area contributed by atoms with E-state index in [-0.39, 0.29) is 24.8 Å². The minimum absolute atomic E-state index is 0.0331. The second-order valence-electron chi connectivity index (χ2n) is 15.8. The standard InChI is InChI=1S/C38H62N8O8/c1-9-22(4)31(36(53)44-30(21(2)3)33(40)50)45-35(52)27-16-13-17-46(27)20-28(48)25(18-24-14-11-10-12-15-24)42-34(51)26(19-29(39)49)43-37(54)32(38(6,7)8)41-23(5)47/h10-12,14-15,21-22,25-28,30-32,48H,9,13,16-20H2,1-8H3,(H2,39,49)(H2,40,50)(H,41,47)(H,42,51)(H,43,54)(H,44,53)(H,45,52)/t22-,25-,26-,27?,28+,30?,31?,32+/m0/s1. The zero-order chi connectivity index (χ0) is 40.9. The molecule has 302 valence electrons. The number of aliphatic hydroxyl groups excluding tert-OH is 1. The lowest BCUT2D eigenvalue weighted by molar-refractivity contribution is -0.135. The molecule has 1 fully saturated rings. The quantitative estimate of drug-likeness (QED) is 0.0861. The van der Waals surface area contributed by atoms with Crippen LogP contribution in [0.3, 0.4) is 0 Å². The number of carbonyl (C=O) groups is 7. The summed E-state index contributed by atoms with van der Waals surface area (Å²) in [5.74, 6) is -4.92. The lowest BCUT2D eigenvalue weighted by Crippen LogP contribution is -2.60. The Balaban J connectivity index is 2.32. The summed E-state index contributed by atoms with van der Waals surface area (Å²) >= 11 is 0. The van der Waals surface area contributed by atoms with Crippen molar-refractivity contribution in [1.82, 2.24) is 31.5 Å². The largest absolute Gasteiger partial charge is 0.390 e. The Morgan fingerprint density at radius 3 is 2.02 bits per heavy atom. The minimum atomic E-state index is -1.42. The number of aliphatic hydroxyl groups is 1. The van der Waals surface area contributed by atoms with Gasteiger partial charge in [-0.25, -0.2) is 0 Å². The molecular weight excluding hydrogens is 696 g/mol. The Morgan fingerprint density at radius 2 is 1.50 bits per heavy atom. The number of primary amides is 2. The molecule has 3 unspecified atom stereocenters. The van der Waals surface area contributed by atoms with Gasteiger partial charge in [0.15, 0.2) is 0 Å². The second-order valence-corrected chi connectivity index (χ2v) is 15.8.